The molecule has 2 rings (SSSR count). The maximum absolute atomic E-state index is 12.9. The minimum atomic E-state index is -2.44. The highest BCUT2D eigenvalue weighted by molar-refractivity contribution is 9.10. The smallest absolute Gasteiger partial charge is 0.205 e. The molecule has 18 heavy (non-hydrogen) atoms. The molecule has 4 heteroatoms. The van der Waals surface area contributed by atoms with Crippen molar-refractivity contribution in [3.05, 3.63) is 64.1 Å². The predicted octanol–water partition coefficient (Wildman–Crippen LogP) is 5.68. The zero-order valence-electron chi connectivity index (χ0n) is 9.45. The summed E-state index contributed by atoms with van der Waals surface area (Å²) in [5.74, 6) is 0.697. The van der Waals surface area contributed by atoms with Crippen molar-refractivity contribution < 1.29 is 8.78 Å². The van der Waals surface area contributed by atoms with E-state index in [0.717, 1.165) is 5.56 Å². The lowest BCUT2D eigenvalue weighted by molar-refractivity contribution is 0.148. The zero-order valence-corrected chi connectivity index (χ0v) is 11.8. The molecule has 0 aliphatic rings. The van der Waals surface area contributed by atoms with Gasteiger partial charge < -0.3 is 0 Å². The fourth-order valence-electron chi connectivity index (χ4n) is 1.56. The average molecular weight is 329 g/mol. The zero-order chi connectivity index (χ0) is 13.0. The molecule has 0 aromatic heterocycles. The number of hydrogen-bond donors (Lipinski definition) is 0. The third-order valence-corrected chi connectivity index (χ3v) is 4.10. The van der Waals surface area contributed by atoms with E-state index in [1.165, 1.54) is 17.8 Å². The highest BCUT2D eigenvalue weighted by atomic mass is 79.9. The van der Waals surface area contributed by atoms with Crippen LogP contribution in [0.25, 0.3) is 0 Å². The van der Waals surface area contributed by atoms with Gasteiger partial charge in [0.25, 0.3) is 6.43 Å². The van der Waals surface area contributed by atoms with Gasteiger partial charge in [-0.15, -0.1) is 11.8 Å². The van der Waals surface area contributed by atoms with Crippen molar-refractivity contribution in [2.24, 2.45) is 0 Å². The van der Waals surface area contributed by atoms with E-state index in [-0.39, 0.29) is 5.56 Å². The van der Waals surface area contributed by atoms with E-state index < -0.39 is 6.43 Å². The van der Waals surface area contributed by atoms with E-state index in [2.05, 4.69) is 15.9 Å². The average Bonchev–Trinajstić information content (AvgIpc) is 2.38. The molecule has 0 heterocycles. The van der Waals surface area contributed by atoms with E-state index in [1.807, 2.05) is 30.3 Å². The van der Waals surface area contributed by atoms with Crippen LogP contribution in [-0.2, 0) is 5.75 Å². The maximum atomic E-state index is 12.9. The molecular weight excluding hydrogens is 318 g/mol. The normalized spacial score (nSPS) is 10.9. The van der Waals surface area contributed by atoms with Crippen LogP contribution in [0.1, 0.15) is 17.6 Å². The van der Waals surface area contributed by atoms with Crippen molar-refractivity contribution in [1.82, 2.24) is 0 Å². The maximum Gasteiger partial charge on any atom is 0.264 e. The van der Waals surface area contributed by atoms with Crippen LogP contribution in [-0.4, -0.2) is 0 Å². The highest BCUT2D eigenvalue weighted by Crippen LogP contribution is 2.34. The van der Waals surface area contributed by atoms with Gasteiger partial charge in [0.2, 0.25) is 0 Å². The Labute approximate surface area is 118 Å². The van der Waals surface area contributed by atoms with E-state index in [9.17, 15) is 8.78 Å². The number of alkyl halides is 2. The van der Waals surface area contributed by atoms with E-state index in [1.54, 1.807) is 12.1 Å². The highest BCUT2D eigenvalue weighted by Gasteiger charge is 2.13. The lowest BCUT2D eigenvalue weighted by Gasteiger charge is -2.09. The SMILES string of the molecule is FC(F)c1cc(Br)ccc1SCc1ccccc1. The van der Waals surface area contributed by atoms with Crippen molar-refractivity contribution in [3.63, 3.8) is 0 Å². The summed E-state index contributed by atoms with van der Waals surface area (Å²) in [7, 11) is 0. The molecule has 0 amide bonds. The van der Waals surface area contributed by atoms with E-state index in [4.69, 9.17) is 0 Å². The Morgan fingerprint density at radius 1 is 1.06 bits per heavy atom. The van der Waals surface area contributed by atoms with Crippen LogP contribution >= 0.6 is 27.7 Å². The number of benzene rings is 2. The first-order valence-corrected chi connectivity index (χ1v) is 7.19. The molecule has 94 valence electrons. The summed E-state index contributed by atoms with van der Waals surface area (Å²) in [6.07, 6.45) is -2.44. The number of thioether (sulfide) groups is 1. The molecule has 0 saturated carbocycles. The van der Waals surface area contributed by atoms with Gasteiger partial charge in [0.1, 0.15) is 0 Å². The molecule has 0 spiro atoms. The lowest BCUT2D eigenvalue weighted by Crippen LogP contribution is -1.89. The Morgan fingerprint density at radius 2 is 1.78 bits per heavy atom. The van der Waals surface area contributed by atoms with E-state index in [0.29, 0.717) is 15.1 Å². The summed E-state index contributed by atoms with van der Waals surface area (Å²) in [4.78, 5) is 0.636. The molecule has 0 aliphatic carbocycles. The molecule has 0 radical (unpaired) electrons. The minimum absolute atomic E-state index is 0.0882. The van der Waals surface area contributed by atoms with Gasteiger partial charge in [-0.1, -0.05) is 46.3 Å². The number of rotatable bonds is 4. The molecule has 0 bridgehead atoms. The summed E-state index contributed by atoms with van der Waals surface area (Å²) in [5.41, 5.74) is 1.22. The molecule has 0 nitrogen and oxygen atoms in total. The Balaban J connectivity index is 2.14. The van der Waals surface area contributed by atoms with Gasteiger partial charge in [-0.2, -0.15) is 0 Å². The Kier molecular flexibility index (Phi) is 4.78. The molecule has 2 aromatic rings. The minimum Gasteiger partial charge on any atom is -0.205 e. The first kappa shape index (κ1) is 13.6. The predicted molar refractivity (Wildman–Crippen MR) is 75.1 cm³/mol. The van der Waals surface area contributed by atoms with Crippen LogP contribution in [0.4, 0.5) is 8.78 Å². The third-order valence-electron chi connectivity index (χ3n) is 2.44. The Hall–Kier alpha value is -0.870. The summed E-state index contributed by atoms with van der Waals surface area (Å²) >= 11 is 4.65. The van der Waals surface area contributed by atoms with Gasteiger partial charge in [-0.3, -0.25) is 0 Å². The topological polar surface area (TPSA) is 0 Å². The Morgan fingerprint density at radius 3 is 2.44 bits per heavy atom. The quantitative estimate of drug-likeness (QED) is 0.650. The van der Waals surface area contributed by atoms with Crippen molar-refractivity contribution in [3.8, 4) is 0 Å². The number of hydrogen-bond acceptors (Lipinski definition) is 1. The van der Waals surface area contributed by atoms with Gasteiger partial charge in [0.15, 0.2) is 0 Å². The van der Waals surface area contributed by atoms with Crippen LogP contribution in [0.15, 0.2) is 57.9 Å². The molecular formula is C14H11BrF2S. The van der Waals surface area contributed by atoms with Crippen LogP contribution in [0.3, 0.4) is 0 Å². The molecule has 2 aromatic carbocycles. The van der Waals surface area contributed by atoms with Crippen LogP contribution in [0, 0.1) is 0 Å². The van der Waals surface area contributed by atoms with Crippen molar-refractivity contribution in [2.45, 2.75) is 17.1 Å². The second-order valence-electron chi connectivity index (χ2n) is 3.76. The van der Waals surface area contributed by atoms with Gasteiger partial charge in [-0.25, -0.2) is 8.78 Å². The Bertz CT molecular complexity index is 514. The van der Waals surface area contributed by atoms with Gasteiger partial charge in [-0.05, 0) is 23.8 Å². The first-order chi connectivity index (χ1) is 8.66. The van der Waals surface area contributed by atoms with E-state index >= 15 is 0 Å². The summed E-state index contributed by atoms with van der Waals surface area (Å²) in [6.45, 7) is 0. The van der Waals surface area contributed by atoms with Crippen molar-refractivity contribution in [2.75, 3.05) is 0 Å². The van der Waals surface area contributed by atoms with Crippen LogP contribution in [0.2, 0.25) is 0 Å². The van der Waals surface area contributed by atoms with Gasteiger partial charge in [0.05, 0.1) is 0 Å². The fourth-order valence-corrected chi connectivity index (χ4v) is 2.93. The second kappa shape index (κ2) is 6.34. The lowest BCUT2D eigenvalue weighted by atomic mass is 10.2. The van der Waals surface area contributed by atoms with Gasteiger partial charge >= 0.3 is 0 Å². The largest absolute Gasteiger partial charge is 0.264 e. The molecule has 0 atom stereocenters. The summed E-state index contributed by atoms with van der Waals surface area (Å²) in [5, 5.41) is 0. The molecule has 0 unspecified atom stereocenters. The molecule has 0 fully saturated rings. The fraction of sp³-hybridized carbons (Fsp3) is 0.143. The standard InChI is InChI=1S/C14H11BrF2S/c15-11-6-7-13(12(8-11)14(16)17)18-9-10-4-2-1-3-5-10/h1-8,14H,9H2. The summed E-state index contributed by atoms with van der Waals surface area (Å²) < 4.78 is 26.5. The monoisotopic (exact) mass is 328 g/mol. The molecule has 0 N–H and O–H groups in total. The second-order valence-corrected chi connectivity index (χ2v) is 5.69. The first-order valence-electron chi connectivity index (χ1n) is 5.41. The molecule has 0 saturated heterocycles. The van der Waals surface area contributed by atoms with Gasteiger partial charge in [0, 0.05) is 20.7 Å². The molecule has 0 aliphatic heterocycles. The van der Waals surface area contributed by atoms with Crippen LogP contribution in [0.5, 0.6) is 0 Å². The number of halogens is 3. The van der Waals surface area contributed by atoms with Crippen LogP contribution < -0.4 is 0 Å². The third kappa shape index (κ3) is 3.56. The van der Waals surface area contributed by atoms with Crippen molar-refractivity contribution in [1.29, 1.82) is 0 Å². The summed E-state index contributed by atoms with van der Waals surface area (Å²) in [6, 6.07) is 14.8. The van der Waals surface area contributed by atoms with Crippen molar-refractivity contribution >= 4 is 27.7 Å².